The van der Waals surface area contributed by atoms with Gasteiger partial charge in [-0.25, -0.2) is 4.99 Å². The molecule has 0 aliphatic carbocycles. The van der Waals surface area contributed by atoms with Crippen molar-refractivity contribution in [2.24, 2.45) is 4.99 Å². The Morgan fingerprint density at radius 3 is 2.28 bits per heavy atom. The second-order valence-corrected chi connectivity index (χ2v) is 9.89. The highest BCUT2D eigenvalue weighted by Gasteiger charge is 2.51. The molecule has 2 aromatic rings. The van der Waals surface area contributed by atoms with Crippen molar-refractivity contribution in [3.8, 4) is 11.1 Å². The molecule has 0 saturated carbocycles. The van der Waals surface area contributed by atoms with Gasteiger partial charge in [-0.1, -0.05) is 54.6 Å². The molecule has 1 saturated heterocycles. The summed E-state index contributed by atoms with van der Waals surface area (Å²) in [5, 5.41) is 0. The van der Waals surface area contributed by atoms with Gasteiger partial charge in [0.05, 0.1) is 11.8 Å². The smallest absolute Gasteiger partial charge is 0.259 e. The van der Waals surface area contributed by atoms with E-state index >= 15 is 0 Å². The third-order valence-corrected chi connectivity index (χ3v) is 7.42. The molecule has 32 heavy (non-hydrogen) atoms. The Balaban J connectivity index is 1.74. The van der Waals surface area contributed by atoms with Gasteiger partial charge in [0.2, 0.25) is 0 Å². The number of hydrogen-bond acceptors (Lipinski definition) is 3. The monoisotopic (exact) mass is 431 g/mol. The standard InChI is InChI=1S/C28H37N3O/c1-21(2)31(22(3)4)19-17-28(26-12-8-9-18-30(26)20-29-27(28)32)25-15-13-24(14-16-25)23-10-6-5-7-11-23/h5-7,10-11,13-16,20-22,26H,8-9,12,17-19H2,1-4H3. The fraction of sp³-hybridized carbons (Fsp3) is 0.500. The van der Waals surface area contributed by atoms with Gasteiger partial charge >= 0.3 is 0 Å². The van der Waals surface area contributed by atoms with E-state index in [1.54, 1.807) is 0 Å². The van der Waals surface area contributed by atoms with Crippen LogP contribution in [0.2, 0.25) is 0 Å². The molecule has 0 N–H and O–H groups in total. The van der Waals surface area contributed by atoms with Crippen molar-refractivity contribution in [1.82, 2.24) is 9.80 Å². The number of aliphatic imine (C=N–C) groups is 1. The Morgan fingerprint density at radius 1 is 0.969 bits per heavy atom. The first-order chi connectivity index (χ1) is 15.4. The molecule has 0 radical (unpaired) electrons. The summed E-state index contributed by atoms with van der Waals surface area (Å²) in [7, 11) is 0. The van der Waals surface area contributed by atoms with Crippen LogP contribution in [0.1, 0.15) is 58.9 Å². The third kappa shape index (κ3) is 4.25. The van der Waals surface area contributed by atoms with Crippen molar-refractivity contribution >= 4 is 12.2 Å². The minimum Gasteiger partial charge on any atom is -0.358 e. The molecule has 0 spiro atoms. The predicted molar refractivity (Wildman–Crippen MR) is 133 cm³/mol. The van der Waals surface area contributed by atoms with Crippen LogP contribution in [-0.2, 0) is 10.2 Å². The Labute approximate surface area is 193 Å². The molecule has 2 atom stereocenters. The van der Waals surface area contributed by atoms with E-state index in [4.69, 9.17) is 0 Å². The Hall–Kier alpha value is -2.46. The number of benzene rings is 2. The maximum Gasteiger partial charge on any atom is 0.259 e. The Bertz CT molecular complexity index is 927. The largest absolute Gasteiger partial charge is 0.358 e. The summed E-state index contributed by atoms with van der Waals surface area (Å²) in [6.07, 6.45) is 5.99. The van der Waals surface area contributed by atoms with Gasteiger partial charge in [-0.3, -0.25) is 9.69 Å². The Morgan fingerprint density at radius 2 is 1.62 bits per heavy atom. The molecule has 0 bridgehead atoms. The number of amides is 1. The molecule has 1 fully saturated rings. The SMILES string of the molecule is CC(C)N(CCC1(c2ccc(-c3ccccc3)cc2)C(=O)N=CN2CCCCC21)C(C)C. The van der Waals surface area contributed by atoms with Crippen LogP contribution >= 0.6 is 0 Å². The first-order valence-electron chi connectivity index (χ1n) is 12.2. The predicted octanol–water partition coefficient (Wildman–Crippen LogP) is 5.52. The highest BCUT2D eigenvalue weighted by molar-refractivity contribution is 5.97. The number of nitrogens with zero attached hydrogens (tertiary/aromatic N) is 3. The van der Waals surface area contributed by atoms with Gasteiger partial charge in [-0.15, -0.1) is 0 Å². The summed E-state index contributed by atoms with van der Waals surface area (Å²) in [6, 6.07) is 20.2. The molecule has 4 rings (SSSR count). The van der Waals surface area contributed by atoms with Crippen molar-refractivity contribution in [3.05, 3.63) is 60.2 Å². The summed E-state index contributed by atoms with van der Waals surface area (Å²) >= 11 is 0. The number of rotatable bonds is 7. The van der Waals surface area contributed by atoms with Crippen LogP contribution in [-0.4, -0.2) is 53.3 Å². The van der Waals surface area contributed by atoms with Crippen LogP contribution in [0.4, 0.5) is 0 Å². The topological polar surface area (TPSA) is 35.9 Å². The lowest BCUT2D eigenvalue weighted by atomic mass is 9.67. The van der Waals surface area contributed by atoms with Gasteiger partial charge in [0, 0.05) is 31.2 Å². The maximum absolute atomic E-state index is 13.6. The van der Waals surface area contributed by atoms with E-state index in [1.165, 1.54) is 24.0 Å². The minimum absolute atomic E-state index is 0.0283. The van der Waals surface area contributed by atoms with E-state index < -0.39 is 5.41 Å². The van der Waals surface area contributed by atoms with E-state index in [-0.39, 0.29) is 11.9 Å². The molecular formula is C28H37N3O. The lowest BCUT2D eigenvalue weighted by Gasteiger charge is -2.49. The number of piperidine rings is 1. The highest BCUT2D eigenvalue weighted by atomic mass is 16.2. The van der Waals surface area contributed by atoms with Crippen molar-refractivity contribution in [3.63, 3.8) is 0 Å². The lowest BCUT2D eigenvalue weighted by molar-refractivity contribution is -0.128. The van der Waals surface area contributed by atoms with Gasteiger partial charge < -0.3 is 4.90 Å². The van der Waals surface area contributed by atoms with E-state index in [1.807, 2.05) is 12.4 Å². The third-order valence-electron chi connectivity index (χ3n) is 7.42. The molecule has 4 heteroatoms. The van der Waals surface area contributed by atoms with Crippen LogP contribution in [0.25, 0.3) is 11.1 Å². The van der Waals surface area contributed by atoms with Crippen LogP contribution in [0.3, 0.4) is 0 Å². The molecule has 2 aliphatic rings. The zero-order valence-electron chi connectivity index (χ0n) is 20.0. The molecule has 1 amide bonds. The Kier molecular flexibility index (Phi) is 6.80. The van der Waals surface area contributed by atoms with Crippen molar-refractivity contribution < 1.29 is 4.79 Å². The lowest BCUT2D eigenvalue weighted by Crippen LogP contribution is -2.60. The second-order valence-electron chi connectivity index (χ2n) is 9.89. The molecular weight excluding hydrogens is 394 g/mol. The normalized spacial score (nSPS) is 23.3. The molecule has 4 nitrogen and oxygen atoms in total. The van der Waals surface area contributed by atoms with E-state index in [2.05, 4.69) is 91.0 Å². The molecule has 2 aliphatic heterocycles. The van der Waals surface area contributed by atoms with Crippen molar-refractivity contribution in [1.29, 1.82) is 0 Å². The second kappa shape index (κ2) is 9.58. The number of fused-ring (bicyclic) bond motifs is 1. The number of carbonyl (C=O) groups excluding carboxylic acids is 1. The van der Waals surface area contributed by atoms with Crippen molar-refractivity contribution in [2.75, 3.05) is 13.1 Å². The van der Waals surface area contributed by atoms with E-state index in [0.717, 1.165) is 31.5 Å². The highest BCUT2D eigenvalue weighted by Crippen LogP contribution is 2.42. The summed E-state index contributed by atoms with van der Waals surface area (Å²) < 4.78 is 0. The first-order valence-corrected chi connectivity index (χ1v) is 12.2. The summed E-state index contributed by atoms with van der Waals surface area (Å²) in [4.78, 5) is 22.9. The van der Waals surface area contributed by atoms with Crippen LogP contribution in [0.5, 0.6) is 0 Å². The average molecular weight is 432 g/mol. The molecule has 170 valence electrons. The minimum atomic E-state index is -0.591. The van der Waals surface area contributed by atoms with Gasteiger partial charge in [0.25, 0.3) is 5.91 Å². The van der Waals surface area contributed by atoms with Crippen molar-refractivity contribution in [2.45, 2.75) is 76.9 Å². The number of hydrogen-bond donors (Lipinski definition) is 0. The van der Waals surface area contributed by atoms with Crippen LogP contribution < -0.4 is 0 Å². The van der Waals surface area contributed by atoms with E-state index in [0.29, 0.717) is 12.1 Å². The molecule has 2 heterocycles. The van der Waals surface area contributed by atoms with Gasteiger partial charge in [0.15, 0.2) is 0 Å². The fourth-order valence-electron chi connectivity index (χ4n) is 5.75. The molecule has 2 unspecified atom stereocenters. The average Bonchev–Trinajstić information content (AvgIpc) is 2.81. The summed E-state index contributed by atoms with van der Waals surface area (Å²) in [5.41, 5.74) is 2.91. The van der Waals surface area contributed by atoms with E-state index in [9.17, 15) is 4.79 Å². The molecule has 2 aromatic carbocycles. The van der Waals surface area contributed by atoms with Gasteiger partial charge in [-0.2, -0.15) is 0 Å². The summed E-state index contributed by atoms with van der Waals surface area (Å²) in [6.45, 7) is 10.9. The zero-order valence-corrected chi connectivity index (χ0v) is 20.0. The van der Waals surface area contributed by atoms with Gasteiger partial charge in [0.1, 0.15) is 0 Å². The molecule has 0 aromatic heterocycles. The van der Waals surface area contributed by atoms with Crippen LogP contribution in [0.15, 0.2) is 59.6 Å². The first kappa shape index (κ1) is 22.7. The maximum atomic E-state index is 13.6. The zero-order chi connectivity index (χ0) is 22.7. The fourth-order valence-corrected chi connectivity index (χ4v) is 5.75. The van der Waals surface area contributed by atoms with Crippen LogP contribution in [0, 0.1) is 0 Å². The number of carbonyl (C=O) groups is 1. The quantitative estimate of drug-likeness (QED) is 0.579. The summed E-state index contributed by atoms with van der Waals surface area (Å²) in [5.74, 6) is 0.0283. The van der Waals surface area contributed by atoms with Gasteiger partial charge in [-0.05, 0) is 70.1 Å².